The molecule has 4 saturated heterocycles. The number of halogens is 4. The maximum absolute atomic E-state index is 13.9. The maximum atomic E-state index is 13.9. The fourth-order valence-corrected chi connectivity index (χ4v) is 7.50. The molecule has 6 heterocycles. The van der Waals surface area contributed by atoms with Crippen molar-refractivity contribution in [1.29, 1.82) is 0 Å². The Kier molecular flexibility index (Phi) is 6.28. The second kappa shape index (κ2) is 9.63. The van der Waals surface area contributed by atoms with Crippen LogP contribution in [0.3, 0.4) is 0 Å². The molecule has 0 amide bonds. The second-order valence-corrected chi connectivity index (χ2v) is 12.0. The van der Waals surface area contributed by atoms with E-state index in [1.54, 1.807) is 4.57 Å². The number of phenols is 1. The van der Waals surface area contributed by atoms with E-state index in [0.717, 1.165) is 76.8 Å². The first-order chi connectivity index (χ1) is 19.2. The topological polar surface area (TPSA) is 91.6 Å². The third kappa shape index (κ3) is 4.53. The molecule has 2 bridgehead atoms. The van der Waals surface area contributed by atoms with Crippen molar-refractivity contribution in [2.75, 3.05) is 37.7 Å². The minimum absolute atomic E-state index is 0.00587. The summed E-state index contributed by atoms with van der Waals surface area (Å²) in [6.07, 6.45) is 3.34. The average Bonchev–Trinajstić information content (AvgIpc) is 3.65. The van der Waals surface area contributed by atoms with Crippen molar-refractivity contribution in [1.82, 2.24) is 29.7 Å². The van der Waals surface area contributed by atoms with E-state index in [1.165, 1.54) is 6.33 Å². The van der Waals surface area contributed by atoms with Crippen LogP contribution in [0.25, 0.3) is 11.2 Å². The number of anilines is 1. The monoisotopic (exact) mass is 577 g/mol. The molecule has 0 spiro atoms. The molecular formula is C27H31ClF3N7O2. The number of nitrogens with zero attached hydrogens (tertiary/aromatic N) is 6. The van der Waals surface area contributed by atoms with Crippen molar-refractivity contribution in [3.8, 4) is 11.6 Å². The van der Waals surface area contributed by atoms with Gasteiger partial charge in [-0.3, -0.25) is 4.90 Å². The molecule has 3 aromatic rings. The SMILES string of the molecule is Oc1cc(Cl)c(C(F)(F)F)c(Cn2cnc3c(OCC45CCCN4CCC5)nc(N4CC5CCC(C4)N5)nc32)c1. The Balaban J connectivity index is 1.28. The molecule has 9 nitrogen and oxygen atoms in total. The van der Waals surface area contributed by atoms with Gasteiger partial charge in [-0.1, -0.05) is 11.6 Å². The van der Waals surface area contributed by atoms with E-state index in [0.29, 0.717) is 41.7 Å². The summed E-state index contributed by atoms with van der Waals surface area (Å²) in [6.45, 7) is 3.87. The summed E-state index contributed by atoms with van der Waals surface area (Å²) < 4.78 is 49.8. The lowest BCUT2D eigenvalue weighted by Crippen LogP contribution is -2.51. The van der Waals surface area contributed by atoms with E-state index in [4.69, 9.17) is 26.3 Å². The summed E-state index contributed by atoms with van der Waals surface area (Å²) in [5.41, 5.74) is -0.383. The van der Waals surface area contributed by atoms with Crippen LogP contribution in [0.15, 0.2) is 18.5 Å². The first kappa shape index (κ1) is 26.1. The molecule has 13 heteroatoms. The molecule has 0 radical (unpaired) electrons. The Morgan fingerprint density at radius 2 is 1.82 bits per heavy atom. The Morgan fingerprint density at radius 1 is 1.10 bits per heavy atom. The summed E-state index contributed by atoms with van der Waals surface area (Å²) in [4.78, 5) is 18.8. The van der Waals surface area contributed by atoms with Gasteiger partial charge in [0.05, 0.1) is 29.0 Å². The number of benzene rings is 1. The van der Waals surface area contributed by atoms with Gasteiger partial charge in [-0.2, -0.15) is 23.1 Å². The van der Waals surface area contributed by atoms with Crippen molar-refractivity contribution >= 4 is 28.7 Å². The minimum atomic E-state index is -4.70. The normalized spacial score (nSPS) is 24.2. The van der Waals surface area contributed by atoms with Crippen LogP contribution in [0.5, 0.6) is 11.6 Å². The molecule has 214 valence electrons. The lowest BCUT2D eigenvalue weighted by Gasteiger charge is -2.33. The highest BCUT2D eigenvalue weighted by atomic mass is 35.5. The number of hydrogen-bond acceptors (Lipinski definition) is 8. The molecule has 4 fully saturated rings. The van der Waals surface area contributed by atoms with Gasteiger partial charge in [0.15, 0.2) is 11.2 Å². The van der Waals surface area contributed by atoms with E-state index < -0.39 is 16.8 Å². The van der Waals surface area contributed by atoms with Gasteiger partial charge in [0.25, 0.3) is 0 Å². The van der Waals surface area contributed by atoms with E-state index >= 15 is 0 Å². The van der Waals surface area contributed by atoms with Crippen LogP contribution < -0.4 is 15.0 Å². The quantitative estimate of drug-likeness (QED) is 0.450. The molecule has 40 heavy (non-hydrogen) atoms. The molecule has 2 N–H and O–H groups in total. The number of piperazine rings is 1. The molecule has 2 aromatic heterocycles. The predicted molar refractivity (Wildman–Crippen MR) is 143 cm³/mol. The molecule has 2 atom stereocenters. The first-order valence-corrected chi connectivity index (χ1v) is 14.3. The van der Waals surface area contributed by atoms with Gasteiger partial charge in [-0.05, 0) is 69.3 Å². The van der Waals surface area contributed by atoms with Crippen LogP contribution in [0.1, 0.15) is 49.7 Å². The largest absolute Gasteiger partial charge is 0.508 e. The highest BCUT2D eigenvalue weighted by Gasteiger charge is 2.45. The lowest BCUT2D eigenvalue weighted by molar-refractivity contribution is -0.138. The Hall–Kier alpha value is -2.83. The van der Waals surface area contributed by atoms with E-state index in [-0.39, 0.29) is 23.4 Å². The molecule has 2 unspecified atom stereocenters. The van der Waals surface area contributed by atoms with Crippen molar-refractivity contribution in [3.63, 3.8) is 0 Å². The summed E-state index contributed by atoms with van der Waals surface area (Å²) in [6, 6.07) is 2.68. The fourth-order valence-electron chi connectivity index (χ4n) is 7.16. The molecule has 4 aliphatic rings. The molecular weight excluding hydrogens is 547 g/mol. The van der Waals surface area contributed by atoms with Crippen molar-refractivity contribution in [3.05, 3.63) is 34.6 Å². The molecule has 0 saturated carbocycles. The number of fused-ring (bicyclic) bond motifs is 4. The minimum Gasteiger partial charge on any atom is -0.508 e. The zero-order valence-electron chi connectivity index (χ0n) is 21.9. The van der Waals surface area contributed by atoms with Crippen LogP contribution in [0.4, 0.5) is 19.1 Å². The van der Waals surface area contributed by atoms with Crippen molar-refractivity contribution < 1.29 is 23.0 Å². The number of aromatic nitrogens is 4. The number of ether oxygens (including phenoxy) is 1. The van der Waals surface area contributed by atoms with E-state index in [1.807, 2.05) is 0 Å². The zero-order chi connectivity index (χ0) is 27.6. The second-order valence-electron chi connectivity index (χ2n) is 11.6. The standard InChI is InChI=1S/C27H31ClF3N7O2/c28-20-10-19(39)9-16(21(20)27(29,30)31)11-37-15-32-22-23(37)34-25(36-12-17-3-4-18(13-36)33-17)35-24(22)40-14-26-5-1-7-38(26)8-2-6-26/h9-10,15,17-18,33,39H,1-8,11-14H2. The van der Waals surface area contributed by atoms with Gasteiger partial charge >= 0.3 is 6.18 Å². The number of hydrogen-bond donors (Lipinski definition) is 2. The molecule has 4 aliphatic heterocycles. The summed E-state index contributed by atoms with van der Waals surface area (Å²) in [5.74, 6) is 0.493. The van der Waals surface area contributed by atoms with Gasteiger partial charge < -0.3 is 24.6 Å². The fraction of sp³-hybridized carbons (Fsp3) is 0.593. The number of imidazole rings is 1. The van der Waals surface area contributed by atoms with Gasteiger partial charge in [0.1, 0.15) is 12.4 Å². The summed E-state index contributed by atoms with van der Waals surface area (Å²) in [7, 11) is 0. The number of phenolic OH excluding ortho intramolecular Hbond substituents is 1. The highest BCUT2D eigenvalue weighted by Crippen LogP contribution is 2.41. The molecule has 7 rings (SSSR count). The summed E-state index contributed by atoms with van der Waals surface area (Å²) >= 11 is 5.94. The highest BCUT2D eigenvalue weighted by molar-refractivity contribution is 6.31. The lowest BCUT2D eigenvalue weighted by atomic mass is 9.95. The number of aromatic hydroxyl groups is 1. The van der Waals surface area contributed by atoms with E-state index in [9.17, 15) is 18.3 Å². The number of nitrogens with one attached hydrogen (secondary N) is 1. The van der Waals surface area contributed by atoms with Crippen LogP contribution in [-0.2, 0) is 12.7 Å². The summed E-state index contributed by atoms with van der Waals surface area (Å²) in [5, 5.41) is 13.1. The Bertz CT molecular complexity index is 1430. The maximum Gasteiger partial charge on any atom is 0.418 e. The van der Waals surface area contributed by atoms with Crippen LogP contribution in [0, 0.1) is 0 Å². The van der Waals surface area contributed by atoms with Crippen molar-refractivity contribution in [2.45, 2.75) is 68.9 Å². The van der Waals surface area contributed by atoms with Gasteiger partial charge in [0, 0.05) is 25.2 Å². The Labute approximate surface area is 234 Å². The van der Waals surface area contributed by atoms with Gasteiger partial charge in [0.2, 0.25) is 11.8 Å². The third-order valence-corrected chi connectivity index (χ3v) is 9.29. The average molecular weight is 578 g/mol. The van der Waals surface area contributed by atoms with Crippen LogP contribution in [0.2, 0.25) is 5.02 Å². The van der Waals surface area contributed by atoms with Crippen LogP contribution in [-0.4, -0.2) is 79.9 Å². The third-order valence-electron chi connectivity index (χ3n) is 8.99. The molecule has 0 aliphatic carbocycles. The first-order valence-electron chi connectivity index (χ1n) is 13.9. The predicted octanol–water partition coefficient (Wildman–Crippen LogP) is 4.20. The van der Waals surface area contributed by atoms with Gasteiger partial charge in [-0.15, -0.1) is 0 Å². The number of alkyl halides is 3. The molecule has 1 aromatic carbocycles. The van der Waals surface area contributed by atoms with Crippen molar-refractivity contribution in [2.24, 2.45) is 0 Å². The van der Waals surface area contributed by atoms with Gasteiger partial charge in [-0.25, -0.2) is 4.98 Å². The number of rotatable bonds is 6. The zero-order valence-corrected chi connectivity index (χ0v) is 22.7. The van der Waals surface area contributed by atoms with Crippen LogP contribution >= 0.6 is 11.6 Å². The van der Waals surface area contributed by atoms with E-state index in [2.05, 4.69) is 20.1 Å². The Morgan fingerprint density at radius 3 is 2.52 bits per heavy atom. The smallest absolute Gasteiger partial charge is 0.418 e.